The van der Waals surface area contributed by atoms with Crippen molar-refractivity contribution in [2.24, 2.45) is 0 Å². The Bertz CT molecular complexity index is 1220. The topological polar surface area (TPSA) is 88.2 Å². The first-order valence-electron chi connectivity index (χ1n) is 12.3. The highest BCUT2D eigenvalue weighted by molar-refractivity contribution is 6.05. The monoisotopic (exact) mass is 475 g/mol. The standard InChI is InChI=1S/C27H29N3O5/c1-34-18-4-2-3-17(13-18)14-29-11-9-27(10-12-29)16-35-24-20-15-30(22-7-8-23(31)28-25(22)32)26(33)19(20)5-6-21(24)27/h2-6,13,22H,7-12,14-16H2,1H3,(H,28,31,32). The number of nitrogens with zero attached hydrogens (tertiary/aromatic N) is 2. The van der Waals surface area contributed by atoms with Gasteiger partial charge in [-0.2, -0.15) is 0 Å². The molecule has 2 saturated heterocycles. The molecule has 2 aromatic carbocycles. The number of hydrogen-bond donors (Lipinski definition) is 1. The first-order valence-corrected chi connectivity index (χ1v) is 12.3. The molecule has 4 heterocycles. The number of piperidine rings is 2. The van der Waals surface area contributed by atoms with Gasteiger partial charge in [0, 0.05) is 35.1 Å². The lowest BCUT2D eigenvalue weighted by atomic mass is 9.74. The predicted molar refractivity (Wildman–Crippen MR) is 127 cm³/mol. The molecule has 0 aromatic heterocycles. The fraction of sp³-hybridized carbons (Fsp3) is 0.444. The molecule has 0 saturated carbocycles. The van der Waals surface area contributed by atoms with Gasteiger partial charge < -0.3 is 14.4 Å². The van der Waals surface area contributed by atoms with Gasteiger partial charge in [-0.3, -0.25) is 24.6 Å². The Kier molecular flexibility index (Phi) is 5.29. The SMILES string of the molecule is COc1cccc(CN2CCC3(CC2)COc2c3ccc3c2CN(C2CCC(=O)NC2=O)C3=O)c1. The van der Waals surface area contributed by atoms with E-state index in [4.69, 9.17) is 9.47 Å². The van der Waals surface area contributed by atoms with E-state index in [9.17, 15) is 14.4 Å². The van der Waals surface area contributed by atoms with Crippen molar-refractivity contribution in [1.82, 2.24) is 15.1 Å². The lowest BCUT2D eigenvalue weighted by Crippen LogP contribution is -2.52. The largest absolute Gasteiger partial charge is 0.497 e. The van der Waals surface area contributed by atoms with E-state index in [0.717, 1.165) is 49.5 Å². The number of methoxy groups -OCH3 is 1. The molecule has 0 aliphatic carbocycles. The maximum atomic E-state index is 13.1. The normalized spacial score (nSPS) is 23.2. The summed E-state index contributed by atoms with van der Waals surface area (Å²) in [4.78, 5) is 41.2. The molecule has 4 aliphatic rings. The zero-order valence-electron chi connectivity index (χ0n) is 19.8. The number of imide groups is 1. The smallest absolute Gasteiger partial charge is 0.255 e. The summed E-state index contributed by atoms with van der Waals surface area (Å²) in [6.07, 6.45) is 2.60. The van der Waals surface area contributed by atoms with E-state index in [1.165, 1.54) is 11.1 Å². The van der Waals surface area contributed by atoms with Crippen LogP contribution in [0.25, 0.3) is 0 Å². The van der Waals surface area contributed by atoms with E-state index < -0.39 is 6.04 Å². The molecule has 0 bridgehead atoms. The van der Waals surface area contributed by atoms with Crippen LogP contribution in [0.3, 0.4) is 0 Å². The number of rotatable bonds is 4. The second-order valence-electron chi connectivity index (χ2n) is 10.1. The van der Waals surface area contributed by atoms with Gasteiger partial charge in [0.1, 0.15) is 17.5 Å². The fourth-order valence-electron chi connectivity index (χ4n) is 6.07. The number of carbonyl (C=O) groups is 3. The summed E-state index contributed by atoms with van der Waals surface area (Å²) in [7, 11) is 1.69. The molecule has 1 unspecified atom stereocenters. The molecule has 8 heteroatoms. The molecule has 0 radical (unpaired) electrons. The highest BCUT2D eigenvalue weighted by Gasteiger charge is 2.47. The maximum Gasteiger partial charge on any atom is 0.255 e. The van der Waals surface area contributed by atoms with Gasteiger partial charge in [-0.05, 0) is 56.1 Å². The second-order valence-corrected chi connectivity index (χ2v) is 10.1. The van der Waals surface area contributed by atoms with E-state index in [2.05, 4.69) is 28.4 Å². The highest BCUT2D eigenvalue weighted by atomic mass is 16.5. The van der Waals surface area contributed by atoms with Crippen LogP contribution in [0.1, 0.15) is 52.7 Å². The zero-order chi connectivity index (χ0) is 24.2. The van der Waals surface area contributed by atoms with Crippen molar-refractivity contribution >= 4 is 17.7 Å². The molecular formula is C27H29N3O5. The van der Waals surface area contributed by atoms with Crippen molar-refractivity contribution in [2.75, 3.05) is 26.8 Å². The number of fused-ring (bicyclic) bond motifs is 4. The summed E-state index contributed by atoms with van der Waals surface area (Å²) in [5.41, 5.74) is 3.89. The minimum absolute atomic E-state index is 0.0413. The first kappa shape index (κ1) is 22.1. The minimum Gasteiger partial charge on any atom is -0.497 e. The third-order valence-corrected chi connectivity index (χ3v) is 8.08. The average Bonchev–Trinajstić information content (AvgIpc) is 3.39. The second kappa shape index (κ2) is 8.37. The molecular weight excluding hydrogens is 446 g/mol. The lowest BCUT2D eigenvalue weighted by Gasteiger charge is -2.38. The molecule has 2 fully saturated rings. The number of ether oxygens (including phenoxy) is 2. The molecule has 3 amide bonds. The van der Waals surface area contributed by atoms with Crippen LogP contribution in [-0.4, -0.2) is 60.4 Å². The summed E-state index contributed by atoms with van der Waals surface area (Å²) in [5, 5.41) is 2.37. The third-order valence-electron chi connectivity index (χ3n) is 8.08. The van der Waals surface area contributed by atoms with Crippen LogP contribution >= 0.6 is 0 Å². The number of benzene rings is 2. The Hall–Kier alpha value is -3.39. The van der Waals surface area contributed by atoms with Crippen LogP contribution in [0.4, 0.5) is 0 Å². The number of nitrogens with one attached hydrogen (secondary N) is 1. The molecule has 1 atom stereocenters. The van der Waals surface area contributed by atoms with Crippen molar-refractivity contribution in [3.05, 3.63) is 58.7 Å². The Morgan fingerprint density at radius 3 is 2.74 bits per heavy atom. The molecule has 4 aliphatic heterocycles. The Morgan fingerprint density at radius 2 is 1.97 bits per heavy atom. The molecule has 1 N–H and O–H groups in total. The van der Waals surface area contributed by atoms with Crippen LogP contribution in [0.5, 0.6) is 11.5 Å². The number of likely N-dealkylation sites (tertiary alicyclic amines) is 1. The summed E-state index contributed by atoms with van der Waals surface area (Å²) in [6.45, 7) is 3.80. The van der Waals surface area contributed by atoms with Crippen molar-refractivity contribution in [3.63, 3.8) is 0 Å². The van der Waals surface area contributed by atoms with Crippen LogP contribution in [0, 0.1) is 0 Å². The maximum absolute atomic E-state index is 13.1. The van der Waals surface area contributed by atoms with Crippen LogP contribution in [0.15, 0.2) is 36.4 Å². The van der Waals surface area contributed by atoms with E-state index >= 15 is 0 Å². The van der Waals surface area contributed by atoms with E-state index in [0.29, 0.717) is 25.1 Å². The summed E-state index contributed by atoms with van der Waals surface area (Å²) in [6, 6.07) is 11.6. The van der Waals surface area contributed by atoms with Crippen LogP contribution in [-0.2, 0) is 28.1 Å². The van der Waals surface area contributed by atoms with Gasteiger partial charge in [0.05, 0.1) is 20.3 Å². The molecule has 35 heavy (non-hydrogen) atoms. The summed E-state index contributed by atoms with van der Waals surface area (Å²) < 4.78 is 11.6. The van der Waals surface area contributed by atoms with Crippen molar-refractivity contribution in [3.8, 4) is 11.5 Å². The third kappa shape index (κ3) is 3.67. The van der Waals surface area contributed by atoms with Crippen LogP contribution < -0.4 is 14.8 Å². The van der Waals surface area contributed by atoms with E-state index in [-0.39, 0.29) is 29.6 Å². The summed E-state index contributed by atoms with van der Waals surface area (Å²) >= 11 is 0. The number of amides is 3. The Balaban J connectivity index is 1.18. The zero-order valence-corrected chi connectivity index (χ0v) is 19.8. The quantitative estimate of drug-likeness (QED) is 0.684. The van der Waals surface area contributed by atoms with Crippen molar-refractivity contribution < 1.29 is 23.9 Å². The number of hydrogen-bond acceptors (Lipinski definition) is 6. The molecule has 8 nitrogen and oxygen atoms in total. The highest BCUT2D eigenvalue weighted by Crippen LogP contribution is 2.49. The summed E-state index contributed by atoms with van der Waals surface area (Å²) in [5.74, 6) is 0.880. The van der Waals surface area contributed by atoms with Crippen LogP contribution in [0.2, 0.25) is 0 Å². The Morgan fingerprint density at radius 1 is 1.14 bits per heavy atom. The molecule has 1 spiro atoms. The van der Waals surface area contributed by atoms with Gasteiger partial charge in [-0.25, -0.2) is 0 Å². The van der Waals surface area contributed by atoms with Gasteiger partial charge in [-0.1, -0.05) is 18.2 Å². The van der Waals surface area contributed by atoms with Crippen molar-refractivity contribution in [2.45, 2.75) is 50.2 Å². The van der Waals surface area contributed by atoms with Crippen molar-refractivity contribution in [1.29, 1.82) is 0 Å². The van der Waals surface area contributed by atoms with Gasteiger partial charge in [-0.15, -0.1) is 0 Å². The number of carbonyl (C=O) groups excluding carboxylic acids is 3. The molecule has 182 valence electrons. The minimum atomic E-state index is -0.613. The van der Waals surface area contributed by atoms with Gasteiger partial charge in [0.15, 0.2) is 0 Å². The van der Waals surface area contributed by atoms with E-state index in [1.54, 1.807) is 12.0 Å². The van der Waals surface area contributed by atoms with Gasteiger partial charge in [0.2, 0.25) is 11.8 Å². The van der Waals surface area contributed by atoms with Gasteiger partial charge >= 0.3 is 0 Å². The van der Waals surface area contributed by atoms with E-state index in [1.807, 2.05) is 18.2 Å². The Labute approximate surface area is 204 Å². The van der Waals surface area contributed by atoms with Gasteiger partial charge in [0.25, 0.3) is 5.91 Å². The fourth-order valence-corrected chi connectivity index (χ4v) is 6.07. The predicted octanol–water partition coefficient (Wildman–Crippen LogP) is 2.38. The molecule has 2 aromatic rings. The lowest BCUT2D eigenvalue weighted by molar-refractivity contribution is -0.136. The average molecular weight is 476 g/mol. The molecule has 6 rings (SSSR count). The first-order chi connectivity index (χ1) is 17.0.